The molecule has 0 saturated carbocycles. The summed E-state index contributed by atoms with van der Waals surface area (Å²) >= 11 is -1.61. The number of rotatable bonds is 5. The summed E-state index contributed by atoms with van der Waals surface area (Å²) in [6.45, 7) is 15.7. The fraction of sp³-hybridized carbons (Fsp3) is 0.178. The molecule has 1 saturated heterocycles. The molecule has 0 aliphatic carbocycles. The molecule has 3 nitrogen and oxygen atoms in total. The molecule has 1 aliphatic rings. The van der Waals surface area contributed by atoms with Gasteiger partial charge in [0.1, 0.15) is 0 Å². The topological polar surface area (TPSA) is 19.4 Å². The Morgan fingerprint density at radius 2 is 0.882 bits per heavy atom. The number of nitrogens with zero attached hydrogens (tertiary/aromatic N) is 3. The van der Waals surface area contributed by atoms with Gasteiger partial charge >= 0.3 is 73.4 Å². The van der Waals surface area contributed by atoms with E-state index in [1.165, 1.54) is 55.9 Å². The van der Waals surface area contributed by atoms with Crippen LogP contribution in [0.2, 0.25) is 0 Å². The van der Waals surface area contributed by atoms with Gasteiger partial charge in [-0.25, -0.2) is 0 Å². The number of benzene rings is 5. The Balaban J connectivity index is 0.000000258. The zero-order valence-electron chi connectivity index (χ0n) is 30.1. The van der Waals surface area contributed by atoms with Gasteiger partial charge < -0.3 is 9.80 Å². The number of halogens is 2. The molecule has 1 aliphatic heterocycles. The summed E-state index contributed by atoms with van der Waals surface area (Å²) in [5, 5.41) is 0. The molecule has 5 aromatic carbocycles. The second kappa shape index (κ2) is 18.4. The Morgan fingerprint density at radius 3 is 1.20 bits per heavy atom. The smallest absolute Gasteiger partial charge is 0.0267 e. The predicted octanol–water partition coefficient (Wildman–Crippen LogP) is 12.3. The third-order valence-corrected chi connectivity index (χ3v) is 10.6. The van der Waals surface area contributed by atoms with Crippen LogP contribution in [0.5, 0.6) is 0 Å². The van der Waals surface area contributed by atoms with Gasteiger partial charge in [-0.1, -0.05) is 102 Å². The molecule has 2 heterocycles. The van der Waals surface area contributed by atoms with Gasteiger partial charge in [-0.2, -0.15) is 6.67 Å². The Morgan fingerprint density at radius 1 is 0.529 bits per heavy atom. The van der Waals surface area contributed by atoms with E-state index in [-0.39, 0.29) is 12.1 Å². The Bertz CT molecular complexity index is 1840. The van der Waals surface area contributed by atoms with Crippen molar-refractivity contribution in [1.82, 2.24) is 4.98 Å². The second-order valence-electron chi connectivity index (χ2n) is 12.9. The van der Waals surface area contributed by atoms with Crippen LogP contribution in [0.25, 0.3) is 0 Å². The first-order chi connectivity index (χ1) is 24.6. The van der Waals surface area contributed by atoms with Crippen LogP contribution in [0.4, 0.5) is 11.4 Å². The van der Waals surface area contributed by atoms with Gasteiger partial charge in [0, 0.05) is 23.8 Å². The molecule has 0 radical (unpaired) electrons. The van der Waals surface area contributed by atoms with Crippen LogP contribution >= 0.6 is 19.4 Å². The zero-order valence-corrected chi connectivity index (χ0v) is 33.4. The van der Waals surface area contributed by atoms with E-state index >= 15 is 0 Å². The molecule has 0 bridgehead atoms. The standard InChI is InChI=1S/C33H35N2.C7H6.C5H5N.2ClH.Ru/c1-22-17-24(3)30(25(4)18-22)34-21-35(31-26(5)19-23(2)20-27(31)6)33(29-15-11-8-12-16-29)32(34)28-13-9-7-10-14-28;1-7-5-3-2-4-6-7;1-2-4-6-5-3-1;;;/h7-21,32-33H,1-6H3;1-6H;1-5H;2*1H;/q-1;;;;;+2/p-2. The maximum atomic E-state index is 5.67. The molecule has 0 N–H and O–H groups in total. The van der Waals surface area contributed by atoms with E-state index in [1.54, 1.807) is 12.4 Å². The van der Waals surface area contributed by atoms with Crippen LogP contribution in [-0.2, 0) is 13.5 Å². The van der Waals surface area contributed by atoms with E-state index in [2.05, 4.69) is 148 Å². The number of hydrogen-bond donors (Lipinski definition) is 0. The van der Waals surface area contributed by atoms with Gasteiger partial charge in [-0.05, 0) is 87.1 Å². The molecule has 0 amide bonds. The number of aromatic nitrogens is 1. The van der Waals surface area contributed by atoms with Gasteiger partial charge in [0.15, 0.2) is 0 Å². The number of hydrogen-bond acceptors (Lipinski definition) is 3. The average molecular weight is 801 g/mol. The molecule has 7 rings (SSSR count). The Labute approximate surface area is 318 Å². The minimum absolute atomic E-state index is 0.138. The molecule has 0 spiro atoms. The first-order valence-electron chi connectivity index (χ1n) is 17.0. The van der Waals surface area contributed by atoms with E-state index in [9.17, 15) is 0 Å². The van der Waals surface area contributed by atoms with E-state index in [1.807, 2.05) is 53.1 Å². The van der Waals surface area contributed by atoms with Gasteiger partial charge in [0.25, 0.3) is 0 Å². The molecule has 6 heteroatoms. The second-order valence-corrected chi connectivity index (χ2v) is 18.6. The maximum Gasteiger partial charge on any atom is 0.0267 e. The van der Waals surface area contributed by atoms with Gasteiger partial charge in [-0.3, -0.25) is 4.98 Å². The van der Waals surface area contributed by atoms with Crippen molar-refractivity contribution >= 4 is 35.4 Å². The average Bonchev–Trinajstić information content (AvgIpc) is 3.49. The van der Waals surface area contributed by atoms with Crippen molar-refractivity contribution in [3.05, 3.63) is 203 Å². The summed E-state index contributed by atoms with van der Waals surface area (Å²) in [5.41, 5.74) is 14.2. The Hall–Kier alpha value is -4.08. The molecular weight excluding hydrogens is 754 g/mol. The minimum atomic E-state index is -1.61. The summed E-state index contributed by atoms with van der Waals surface area (Å²) in [6.07, 6.45) is 3.50. The van der Waals surface area contributed by atoms with Gasteiger partial charge in [0.2, 0.25) is 0 Å². The summed E-state index contributed by atoms with van der Waals surface area (Å²) in [6, 6.07) is 47.1. The fourth-order valence-corrected chi connectivity index (χ4v) is 8.87. The zero-order chi connectivity index (χ0) is 36.3. The molecule has 264 valence electrons. The SMILES string of the molecule is Cc1cc(C)c(N2[CH-]N(c3c(C)cc(C)cc3C)C(c3ccccc3)C2c2ccccc2)c(C)c1.[Cl][Ru]([Cl])=[CH]c1ccccc1.c1ccncc1. The van der Waals surface area contributed by atoms with Gasteiger partial charge in [-0.15, -0.1) is 0 Å². The van der Waals surface area contributed by atoms with Crippen molar-refractivity contribution in [1.29, 1.82) is 0 Å². The summed E-state index contributed by atoms with van der Waals surface area (Å²) in [5.74, 6) is 0. The van der Waals surface area contributed by atoms with Crippen molar-refractivity contribution < 1.29 is 13.5 Å². The van der Waals surface area contributed by atoms with E-state index in [0.29, 0.717) is 0 Å². The largest absolute Gasteiger partial charge is 0.265 e. The molecular formula is C45H46Cl2N3Ru-. The molecule has 51 heavy (non-hydrogen) atoms. The third-order valence-electron chi connectivity index (χ3n) is 8.78. The molecule has 2 atom stereocenters. The van der Waals surface area contributed by atoms with Crippen LogP contribution in [0.3, 0.4) is 0 Å². The minimum Gasteiger partial charge on any atom is -0.265 e. The predicted molar refractivity (Wildman–Crippen MR) is 216 cm³/mol. The Kier molecular flexibility index (Phi) is 13.8. The monoisotopic (exact) mass is 800 g/mol. The normalized spacial score (nSPS) is 15.3. The van der Waals surface area contributed by atoms with E-state index in [4.69, 9.17) is 19.4 Å². The van der Waals surface area contributed by atoms with Crippen molar-refractivity contribution in [2.24, 2.45) is 0 Å². The molecule has 1 fully saturated rings. The number of anilines is 2. The first kappa shape index (κ1) is 38.2. The van der Waals surface area contributed by atoms with Crippen molar-refractivity contribution in [3.63, 3.8) is 0 Å². The molecule has 6 aromatic rings. The third kappa shape index (κ3) is 10.0. The fourth-order valence-electron chi connectivity index (χ4n) is 7.04. The number of aryl methyl sites for hydroxylation is 6. The number of pyridine rings is 1. The molecule has 1 aromatic heterocycles. The first-order valence-corrected chi connectivity index (χ1v) is 22.5. The van der Waals surface area contributed by atoms with E-state index < -0.39 is 13.5 Å². The van der Waals surface area contributed by atoms with Crippen LogP contribution in [0, 0.1) is 48.2 Å². The van der Waals surface area contributed by atoms with Crippen LogP contribution in [0.15, 0.2) is 146 Å². The van der Waals surface area contributed by atoms with Crippen LogP contribution < -0.4 is 9.80 Å². The van der Waals surface area contributed by atoms with Crippen molar-refractivity contribution in [2.75, 3.05) is 9.80 Å². The molecule has 2 unspecified atom stereocenters. The quantitative estimate of drug-likeness (QED) is 0.128. The van der Waals surface area contributed by atoms with Crippen molar-refractivity contribution in [3.8, 4) is 0 Å². The summed E-state index contributed by atoms with van der Waals surface area (Å²) in [4.78, 5) is 8.83. The van der Waals surface area contributed by atoms with Crippen LogP contribution in [-0.4, -0.2) is 9.59 Å². The van der Waals surface area contributed by atoms with Crippen LogP contribution in [0.1, 0.15) is 62.2 Å². The van der Waals surface area contributed by atoms with Gasteiger partial charge in [0.05, 0.1) is 12.1 Å². The summed E-state index contributed by atoms with van der Waals surface area (Å²) in [7, 11) is 11.3. The maximum absolute atomic E-state index is 5.67. The van der Waals surface area contributed by atoms with E-state index in [0.717, 1.165) is 5.56 Å². The van der Waals surface area contributed by atoms with Crippen molar-refractivity contribution in [2.45, 2.75) is 53.6 Å². The summed E-state index contributed by atoms with van der Waals surface area (Å²) < 4.78 is 1.92.